The Morgan fingerprint density at radius 2 is 1.29 bits per heavy atom. The SMILES string of the molecule is CCCC/C(=C\c1cc(OCc2ccc(C(F)(F)F)cc2)ccc1OCc1ccc(C(F)(F)F)cc1)C(=O)OCC. The van der Waals surface area contributed by atoms with Gasteiger partial charge in [0.15, 0.2) is 0 Å². The highest BCUT2D eigenvalue weighted by atomic mass is 19.4. The van der Waals surface area contributed by atoms with Crippen molar-refractivity contribution in [3.63, 3.8) is 0 Å². The maximum atomic E-state index is 12.9. The quantitative estimate of drug-likeness (QED) is 0.122. The number of unbranched alkanes of at least 4 members (excludes halogenated alkanes) is 1. The Balaban J connectivity index is 1.86. The van der Waals surface area contributed by atoms with Crippen molar-refractivity contribution in [2.24, 2.45) is 0 Å². The van der Waals surface area contributed by atoms with Crippen LogP contribution in [0.2, 0.25) is 0 Å². The molecule has 0 fully saturated rings. The molecule has 0 radical (unpaired) electrons. The van der Waals surface area contributed by atoms with Gasteiger partial charge >= 0.3 is 18.3 Å². The molecule has 0 atom stereocenters. The van der Waals surface area contributed by atoms with Crippen molar-refractivity contribution in [3.05, 3.63) is 100 Å². The van der Waals surface area contributed by atoms with Crippen LogP contribution in [0.1, 0.15) is 60.9 Å². The Labute approximate surface area is 234 Å². The maximum Gasteiger partial charge on any atom is 0.416 e. The Morgan fingerprint density at radius 3 is 1.78 bits per heavy atom. The number of ether oxygens (including phenoxy) is 3. The van der Waals surface area contributed by atoms with E-state index in [2.05, 4.69) is 0 Å². The minimum absolute atomic E-state index is 0.00633. The largest absolute Gasteiger partial charge is 0.489 e. The van der Waals surface area contributed by atoms with Crippen LogP contribution in [0.15, 0.2) is 72.3 Å². The summed E-state index contributed by atoms with van der Waals surface area (Å²) in [6.07, 6.45) is -5.24. The third-order valence-electron chi connectivity index (χ3n) is 6.01. The first kappa shape index (κ1) is 31.6. The molecular weight excluding hydrogens is 550 g/mol. The lowest BCUT2D eigenvalue weighted by atomic mass is 10.0. The number of carbonyl (C=O) groups is 1. The lowest BCUT2D eigenvalue weighted by Crippen LogP contribution is -2.08. The van der Waals surface area contributed by atoms with E-state index in [0.29, 0.717) is 40.2 Å². The Bertz CT molecular complexity index is 1310. The number of hydrogen-bond donors (Lipinski definition) is 0. The van der Waals surface area contributed by atoms with Crippen molar-refractivity contribution >= 4 is 12.0 Å². The lowest BCUT2D eigenvalue weighted by Gasteiger charge is -2.14. The van der Waals surface area contributed by atoms with E-state index in [1.54, 1.807) is 31.2 Å². The zero-order valence-corrected chi connectivity index (χ0v) is 22.6. The first-order valence-corrected chi connectivity index (χ1v) is 13.0. The molecule has 0 aliphatic rings. The number of esters is 1. The minimum atomic E-state index is -4.45. The summed E-state index contributed by atoms with van der Waals surface area (Å²) in [5.74, 6) is 0.243. The summed E-state index contributed by atoms with van der Waals surface area (Å²) < 4.78 is 94.1. The average Bonchev–Trinajstić information content (AvgIpc) is 2.93. The molecular formula is C31H30F6O4. The zero-order chi connectivity index (χ0) is 30.0. The van der Waals surface area contributed by atoms with Crippen LogP contribution in [-0.4, -0.2) is 12.6 Å². The highest BCUT2D eigenvalue weighted by Crippen LogP contribution is 2.32. The van der Waals surface area contributed by atoms with Crippen molar-refractivity contribution in [2.45, 2.75) is 58.7 Å². The van der Waals surface area contributed by atoms with E-state index in [0.717, 1.165) is 37.1 Å². The van der Waals surface area contributed by atoms with Crippen LogP contribution in [0.5, 0.6) is 11.5 Å². The first-order valence-electron chi connectivity index (χ1n) is 13.0. The zero-order valence-electron chi connectivity index (χ0n) is 22.6. The first-order chi connectivity index (χ1) is 19.4. The summed E-state index contributed by atoms with van der Waals surface area (Å²) in [6, 6.07) is 14.0. The Kier molecular flexibility index (Phi) is 10.9. The van der Waals surface area contributed by atoms with Crippen molar-refractivity contribution in [1.29, 1.82) is 0 Å². The second kappa shape index (κ2) is 14.1. The molecule has 0 bridgehead atoms. The van der Waals surface area contributed by atoms with Crippen LogP contribution in [-0.2, 0) is 35.1 Å². The summed E-state index contributed by atoms with van der Waals surface area (Å²) >= 11 is 0. The molecule has 0 saturated carbocycles. The summed E-state index contributed by atoms with van der Waals surface area (Å²) in [4.78, 5) is 12.6. The van der Waals surface area contributed by atoms with Gasteiger partial charge in [-0.25, -0.2) is 4.79 Å². The molecule has 3 aromatic carbocycles. The van der Waals surface area contributed by atoms with Gasteiger partial charge in [-0.1, -0.05) is 37.6 Å². The molecule has 0 amide bonds. The third kappa shape index (κ3) is 9.58. The van der Waals surface area contributed by atoms with E-state index in [1.165, 1.54) is 24.3 Å². The Hall–Kier alpha value is -3.95. The number of rotatable bonds is 12. The predicted molar refractivity (Wildman–Crippen MR) is 142 cm³/mol. The fraction of sp³-hybridized carbons (Fsp3) is 0.323. The molecule has 4 nitrogen and oxygen atoms in total. The highest BCUT2D eigenvalue weighted by Gasteiger charge is 2.30. The molecule has 0 heterocycles. The van der Waals surface area contributed by atoms with E-state index in [-0.39, 0.29) is 19.8 Å². The van der Waals surface area contributed by atoms with Gasteiger partial charge in [-0.2, -0.15) is 26.3 Å². The van der Waals surface area contributed by atoms with Crippen LogP contribution in [0.4, 0.5) is 26.3 Å². The van der Waals surface area contributed by atoms with Gasteiger partial charge in [0, 0.05) is 11.1 Å². The van der Waals surface area contributed by atoms with E-state index < -0.39 is 29.4 Å². The van der Waals surface area contributed by atoms with Crippen molar-refractivity contribution in [2.75, 3.05) is 6.61 Å². The number of carbonyl (C=O) groups excluding carboxylic acids is 1. The summed E-state index contributed by atoms with van der Waals surface area (Å²) in [7, 11) is 0. The minimum Gasteiger partial charge on any atom is -0.489 e. The van der Waals surface area contributed by atoms with Crippen molar-refractivity contribution in [1.82, 2.24) is 0 Å². The smallest absolute Gasteiger partial charge is 0.416 e. The molecule has 10 heteroatoms. The number of hydrogen-bond acceptors (Lipinski definition) is 4. The van der Waals surface area contributed by atoms with Gasteiger partial charge in [-0.3, -0.25) is 0 Å². The predicted octanol–water partition coefficient (Wildman–Crippen LogP) is 9.02. The van der Waals surface area contributed by atoms with Crippen LogP contribution >= 0.6 is 0 Å². The van der Waals surface area contributed by atoms with Crippen LogP contribution in [0, 0.1) is 0 Å². The van der Waals surface area contributed by atoms with E-state index in [4.69, 9.17) is 14.2 Å². The van der Waals surface area contributed by atoms with Gasteiger partial charge in [0.2, 0.25) is 0 Å². The fourth-order valence-electron chi connectivity index (χ4n) is 3.78. The van der Waals surface area contributed by atoms with Crippen molar-refractivity contribution < 1.29 is 45.3 Å². The molecule has 0 saturated heterocycles. The number of alkyl halides is 6. The fourth-order valence-corrected chi connectivity index (χ4v) is 3.78. The van der Waals surface area contributed by atoms with Gasteiger partial charge in [-0.05, 0) is 79.4 Å². The van der Waals surface area contributed by atoms with E-state index in [9.17, 15) is 31.1 Å². The molecule has 3 rings (SSSR count). The number of halogens is 6. The molecule has 0 aliphatic carbocycles. The van der Waals surface area contributed by atoms with E-state index in [1.807, 2.05) is 6.92 Å². The lowest BCUT2D eigenvalue weighted by molar-refractivity contribution is -0.139. The van der Waals surface area contributed by atoms with Crippen LogP contribution < -0.4 is 9.47 Å². The Morgan fingerprint density at radius 1 is 0.756 bits per heavy atom. The number of benzene rings is 3. The molecule has 0 aliphatic heterocycles. The molecule has 0 spiro atoms. The highest BCUT2D eigenvalue weighted by molar-refractivity contribution is 5.94. The molecule has 3 aromatic rings. The van der Waals surface area contributed by atoms with Gasteiger partial charge < -0.3 is 14.2 Å². The van der Waals surface area contributed by atoms with Gasteiger partial charge in [-0.15, -0.1) is 0 Å². The van der Waals surface area contributed by atoms with Crippen LogP contribution in [0.25, 0.3) is 6.08 Å². The summed E-state index contributed by atoms with van der Waals surface area (Å²) in [5, 5.41) is 0. The monoisotopic (exact) mass is 580 g/mol. The summed E-state index contributed by atoms with van der Waals surface area (Å²) in [6.45, 7) is 3.83. The third-order valence-corrected chi connectivity index (χ3v) is 6.01. The molecule has 0 aromatic heterocycles. The maximum absolute atomic E-state index is 12.9. The molecule has 41 heavy (non-hydrogen) atoms. The van der Waals surface area contributed by atoms with Gasteiger partial charge in [0.25, 0.3) is 0 Å². The topological polar surface area (TPSA) is 44.8 Å². The second-order valence-electron chi connectivity index (χ2n) is 9.16. The van der Waals surface area contributed by atoms with Gasteiger partial charge in [0.1, 0.15) is 24.7 Å². The van der Waals surface area contributed by atoms with Crippen LogP contribution in [0.3, 0.4) is 0 Å². The molecule has 220 valence electrons. The second-order valence-corrected chi connectivity index (χ2v) is 9.16. The van der Waals surface area contributed by atoms with Crippen molar-refractivity contribution in [3.8, 4) is 11.5 Å². The van der Waals surface area contributed by atoms with E-state index >= 15 is 0 Å². The molecule has 0 unspecified atom stereocenters. The average molecular weight is 581 g/mol. The molecule has 0 N–H and O–H groups in total. The summed E-state index contributed by atoms with van der Waals surface area (Å²) in [5.41, 5.74) is 0.380. The standard InChI is InChI=1S/C31H30F6O4/c1-3-5-6-23(29(38)39-4-2)17-24-18-27(40-19-21-7-11-25(12-8-21)30(32,33)34)15-16-28(24)41-20-22-9-13-26(14-10-22)31(35,36)37/h7-18H,3-6,19-20H2,1-2H3/b23-17+. The normalized spacial score (nSPS) is 12.2. The van der Waals surface area contributed by atoms with Gasteiger partial charge in [0.05, 0.1) is 17.7 Å².